The van der Waals surface area contributed by atoms with Gasteiger partial charge in [-0.15, -0.1) is 0 Å². The van der Waals surface area contributed by atoms with E-state index in [0.717, 1.165) is 19.1 Å². The molecule has 0 aliphatic heterocycles. The third kappa shape index (κ3) is 4.07. The lowest BCUT2D eigenvalue weighted by Gasteiger charge is -2.36. The highest BCUT2D eigenvalue weighted by Crippen LogP contribution is 2.24. The summed E-state index contributed by atoms with van der Waals surface area (Å²) in [6.45, 7) is 6.74. The Morgan fingerprint density at radius 1 is 1.15 bits per heavy atom. The monoisotopic (exact) mass is 274 g/mol. The molecule has 1 N–H and O–H groups in total. The van der Waals surface area contributed by atoms with Crippen LogP contribution in [0.25, 0.3) is 0 Å². The van der Waals surface area contributed by atoms with Crippen LogP contribution in [-0.2, 0) is 0 Å². The van der Waals surface area contributed by atoms with E-state index in [-0.39, 0.29) is 0 Å². The third-order valence-corrected chi connectivity index (χ3v) is 4.74. The molecule has 0 aromatic heterocycles. The number of aryl methyl sites for hydroxylation is 1. The number of likely N-dealkylation sites (N-methyl/N-ethyl adjacent to an activating group) is 2. The number of nitrogens with one attached hydrogen (secondary N) is 1. The fourth-order valence-electron chi connectivity index (χ4n) is 3.38. The van der Waals surface area contributed by atoms with Gasteiger partial charge in [0.25, 0.3) is 0 Å². The molecule has 0 amide bonds. The standard InChI is InChI=1S/C18H30N2/c1-4-20(17-8-6-5-7-9-17)14-18(19-3)16-12-10-15(2)11-13-16/h10-13,17-19H,4-9,14H2,1-3H3. The number of nitrogens with zero attached hydrogens (tertiary/aromatic N) is 1. The Hall–Kier alpha value is -0.860. The number of rotatable bonds is 6. The van der Waals surface area contributed by atoms with Crippen LogP contribution in [0.4, 0.5) is 0 Å². The number of benzene rings is 1. The Bertz CT molecular complexity index is 379. The fourth-order valence-corrected chi connectivity index (χ4v) is 3.38. The van der Waals surface area contributed by atoms with E-state index in [1.54, 1.807) is 0 Å². The quantitative estimate of drug-likeness (QED) is 0.846. The van der Waals surface area contributed by atoms with E-state index in [2.05, 4.69) is 55.4 Å². The lowest BCUT2D eigenvalue weighted by molar-refractivity contribution is 0.149. The number of hydrogen-bond donors (Lipinski definition) is 1. The van der Waals surface area contributed by atoms with Gasteiger partial charge in [-0.3, -0.25) is 4.90 Å². The van der Waals surface area contributed by atoms with Gasteiger partial charge >= 0.3 is 0 Å². The van der Waals surface area contributed by atoms with E-state index in [1.165, 1.54) is 43.2 Å². The molecule has 1 atom stereocenters. The third-order valence-electron chi connectivity index (χ3n) is 4.74. The molecule has 1 aromatic carbocycles. The smallest absolute Gasteiger partial charge is 0.0446 e. The van der Waals surface area contributed by atoms with Crippen molar-refractivity contribution in [2.24, 2.45) is 0 Å². The van der Waals surface area contributed by atoms with Gasteiger partial charge < -0.3 is 5.32 Å². The van der Waals surface area contributed by atoms with Gasteiger partial charge in [0.05, 0.1) is 0 Å². The molecule has 0 spiro atoms. The Balaban J connectivity index is 2.01. The molecule has 0 bridgehead atoms. The zero-order valence-corrected chi connectivity index (χ0v) is 13.4. The van der Waals surface area contributed by atoms with Crippen LogP contribution in [0.15, 0.2) is 24.3 Å². The summed E-state index contributed by atoms with van der Waals surface area (Å²) in [5, 5.41) is 3.50. The first kappa shape index (κ1) is 15.5. The van der Waals surface area contributed by atoms with Gasteiger partial charge in [-0.25, -0.2) is 0 Å². The van der Waals surface area contributed by atoms with E-state index in [9.17, 15) is 0 Å². The van der Waals surface area contributed by atoms with E-state index in [4.69, 9.17) is 0 Å². The molecule has 1 aliphatic rings. The first-order valence-corrected chi connectivity index (χ1v) is 8.22. The van der Waals surface area contributed by atoms with Crippen molar-refractivity contribution in [2.75, 3.05) is 20.1 Å². The van der Waals surface area contributed by atoms with Crippen molar-refractivity contribution in [3.63, 3.8) is 0 Å². The Morgan fingerprint density at radius 3 is 2.35 bits per heavy atom. The summed E-state index contributed by atoms with van der Waals surface area (Å²) in [4.78, 5) is 2.68. The predicted molar refractivity (Wildman–Crippen MR) is 87.1 cm³/mol. The lowest BCUT2D eigenvalue weighted by atomic mass is 9.93. The van der Waals surface area contributed by atoms with Gasteiger partial charge in [0.15, 0.2) is 0 Å². The van der Waals surface area contributed by atoms with Crippen LogP contribution in [0.1, 0.15) is 56.2 Å². The summed E-state index contributed by atoms with van der Waals surface area (Å²) in [6.07, 6.45) is 7.03. The summed E-state index contributed by atoms with van der Waals surface area (Å²) >= 11 is 0. The predicted octanol–water partition coefficient (Wildman–Crippen LogP) is 3.91. The minimum Gasteiger partial charge on any atom is -0.312 e. The van der Waals surface area contributed by atoms with Gasteiger partial charge in [0.2, 0.25) is 0 Å². The normalized spacial score (nSPS) is 18.4. The molecule has 1 unspecified atom stereocenters. The molecule has 1 fully saturated rings. The number of hydrogen-bond acceptors (Lipinski definition) is 2. The second-order valence-corrected chi connectivity index (χ2v) is 6.13. The van der Waals surface area contributed by atoms with Gasteiger partial charge in [0, 0.05) is 18.6 Å². The molecule has 1 saturated carbocycles. The average molecular weight is 274 g/mol. The topological polar surface area (TPSA) is 15.3 Å². The van der Waals surface area contributed by atoms with Crippen LogP contribution in [0.5, 0.6) is 0 Å². The van der Waals surface area contributed by atoms with Crippen molar-refractivity contribution in [3.05, 3.63) is 35.4 Å². The highest BCUT2D eigenvalue weighted by Gasteiger charge is 2.22. The fraction of sp³-hybridized carbons (Fsp3) is 0.667. The molecule has 1 aromatic rings. The molecule has 2 nitrogen and oxygen atoms in total. The summed E-state index contributed by atoms with van der Waals surface area (Å²) in [5.74, 6) is 0. The first-order chi connectivity index (χ1) is 9.74. The highest BCUT2D eigenvalue weighted by atomic mass is 15.2. The molecule has 2 rings (SSSR count). The second-order valence-electron chi connectivity index (χ2n) is 6.13. The van der Waals surface area contributed by atoms with E-state index < -0.39 is 0 Å². The molecule has 20 heavy (non-hydrogen) atoms. The van der Waals surface area contributed by atoms with Crippen molar-refractivity contribution in [2.45, 2.75) is 58.0 Å². The van der Waals surface area contributed by atoms with E-state index >= 15 is 0 Å². The zero-order chi connectivity index (χ0) is 14.4. The molecule has 112 valence electrons. The Labute approximate surface area is 124 Å². The summed E-state index contributed by atoms with van der Waals surface area (Å²) in [7, 11) is 2.08. The molecule has 0 radical (unpaired) electrons. The maximum atomic E-state index is 3.50. The van der Waals surface area contributed by atoms with Crippen molar-refractivity contribution < 1.29 is 0 Å². The van der Waals surface area contributed by atoms with Crippen molar-refractivity contribution in [3.8, 4) is 0 Å². The summed E-state index contributed by atoms with van der Waals surface area (Å²) < 4.78 is 0. The SMILES string of the molecule is CCN(CC(NC)c1ccc(C)cc1)C1CCCCC1. The van der Waals surface area contributed by atoms with E-state index in [0.29, 0.717) is 6.04 Å². The van der Waals surface area contributed by atoms with Gasteiger partial charge in [0.1, 0.15) is 0 Å². The van der Waals surface area contributed by atoms with Gasteiger partial charge in [-0.1, -0.05) is 56.0 Å². The minimum atomic E-state index is 0.442. The first-order valence-electron chi connectivity index (χ1n) is 8.22. The van der Waals surface area contributed by atoms with Crippen LogP contribution < -0.4 is 5.32 Å². The molecular formula is C18H30N2. The van der Waals surface area contributed by atoms with Gasteiger partial charge in [-0.05, 0) is 38.9 Å². The van der Waals surface area contributed by atoms with Crippen molar-refractivity contribution in [1.29, 1.82) is 0 Å². The van der Waals surface area contributed by atoms with Crippen molar-refractivity contribution in [1.82, 2.24) is 10.2 Å². The summed E-state index contributed by atoms with van der Waals surface area (Å²) in [5.41, 5.74) is 2.75. The molecule has 0 heterocycles. The van der Waals surface area contributed by atoms with Crippen LogP contribution in [0, 0.1) is 6.92 Å². The lowest BCUT2D eigenvalue weighted by Crippen LogP contribution is -2.41. The maximum absolute atomic E-state index is 3.50. The second kappa shape index (κ2) is 7.80. The summed E-state index contributed by atoms with van der Waals surface area (Å²) in [6, 6.07) is 10.2. The minimum absolute atomic E-state index is 0.442. The van der Waals surface area contributed by atoms with Crippen molar-refractivity contribution >= 4 is 0 Å². The molecule has 2 heteroatoms. The van der Waals surface area contributed by atoms with Crippen LogP contribution >= 0.6 is 0 Å². The van der Waals surface area contributed by atoms with Crippen LogP contribution in [-0.4, -0.2) is 31.1 Å². The van der Waals surface area contributed by atoms with Crippen LogP contribution in [0.2, 0.25) is 0 Å². The maximum Gasteiger partial charge on any atom is 0.0446 e. The Kier molecular flexibility index (Phi) is 6.06. The Morgan fingerprint density at radius 2 is 1.80 bits per heavy atom. The van der Waals surface area contributed by atoms with E-state index in [1.807, 2.05) is 0 Å². The molecule has 1 aliphatic carbocycles. The molecule has 0 saturated heterocycles. The highest BCUT2D eigenvalue weighted by molar-refractivity contribution is 5.24. The van der Waals surface area contributed by atoms with Gasteiger partial charge in [-0.2, -0.15) is 0 Å². The largest absolute Gasteiger partial charge is 0.312 e. The van der Waals surface area contributed by atoms with Crippen LogP contribution in [0.3, 0.4) is 0 Å². The molecular weight excluding hydrogens is 244 g/mol. The average Bonchev–Trinajstić information content (AvgIpc) is 2.51. The zero-order valence-electron chi connectivity index (χ0n) is 13.4.